The van der Waals surface area contributed by atoms with E-state index in [2.05, 4.69) is 138 Å². The number of hydrogen-bond donors (Lipinski definition) is 0. The van der Waals surface area contributed by atoms with Gasteiger partial charge in [-0.15, -0.1) is 0 Å². The van der Waals surface area contributed by atoms with E-state index in [4.69, 9.17) is 0 Å². The van der Waals surface area contributed by atoms with Gasteiger partial charge in [-0.05, 0) is 0 Å². The highest BCUT2D eigenvalue weighted by Gasteiger charge is 1.38. The second kappa shape index (κ2) is 871. The molecule has 0 fully saturated rings. The maximum atomic E-state index is 2.12. The van der Waals surface area contributed by atoms with Crippen molar-refractivity contribution in [1.82, 2.24) is 0 Å². The van der Waals surface area contributed by atoms with Crippen LogP contribution in [-0.2, 0) is 0 Å². The lowest BCUT2D eigenvalue weighted by Crippen LogP contribution is -1.27. The normalized spacial score (nSPS) is 4.96. The molecule has 0 aromatic heterocycles. The van der Waals surface area contributed by atoms with E-state index in [-0.39, 0.29) is 0 Å². The summed E-state index contributed by atoms with van der Waals surface area (Å²) in [6, 6.07) is 0. The maximum absolute atomic E-state index is 2.12. The predicted octanol–water partition coefficient (Wildman–Crippen LogP) is 22.4. The van der Waals surface area contributed by atoms with Crippen molar-refractivity contribution in [3.05, 3.63) is 0 Å². The average molecular weight is 682 g/mol. The zero-order valence-electron chi connectivity index (χ0n) is 43.1. The van der Waals surface area contributed by atoms with Gasteiger partial charge in [-0.25, -0.2) is 0 Å². The molecule has 0 nitrogen and oxygen atoms in total. The molecule has 0 bridgehead atoms. The van der Waals surface area contributed by atoms with Crippen LogP contribution in [0.25, 0.3) is 0 Å². The topological polar surface area (TPSA) is 0 Å². The third-order valence-corrected chi connectivity index (χ3v) is 0. The monoisotopic (exact) mass is 681 g/mol. The quantitative estimate of drug-likeness (QED) is 0.239. The Morgan fingerprint density at radius 1 is 0.109 bits per heavy atom. The summed E-state index contributed by atoms with van der Waals surface area (Å²) in [7, 11) is 0. The summed E-state index contributed by atoms with van der Waals surface area (Å²) in [5.74, 6) is 0. The van der Waals surface area contributed by atoms with Crippen LogP contribution in [0.15, 0.2) is 0 Å². The molecule has 0 aliphatic rings. The summed E-state index contributed by atoms with van der Waals surface area (Å²) in [5.41, 5.74) is 0. The van der Waals surface area contributed by atoms with Crippen LogP contribution in [0.1, 0.15) is 313 Å². The average Bonchev–Trinajstić information content (AvgIpc) is 3.08. The van der Waals surface area contributed by atoms with E-state index < -0.39 is 0 Å². The lowest BCUT2D eigenvalue weighted by atomic mass is 10.6. The Morgan fingerprint density at radius 3 is 0.109 bits per heavy atom. The van der Waals surface area contributed by atoms with Crippen LogP contribution in [0.3, 0.4) is 0 Å². The molecule has 0 heteroatoms. The van der Waals surface area contributed by atoms with E-state index in [1.807, 2.05) is 111 Å². The van der Waals surface area contributed by atoms with Crippen LogP contribution in [0.4, 0.5) is 0 Å². The maximum Gasteiger partial charge on any atom is -0.0590 e. The molecule has 0 saturated carbocycles. The zero-order valence-corrected chi connectivity index (χ0v) is 43.1. The predicted molar refractivity (Wildman–Crippen MR) is 250 cm³/mol. The first-order chi connectivity index (χ1) is 22.1. The SMILES string of the molecule is CC.CC.CC.CC.CC.CC.CC.CC.CCC.CCC.CCC.CCC.CCC.CCC.CCC.CCC.CCC.CCC. The molecule has 0 aliphatic heterocycles. The van der Waals surface area contributed by atoms with Gasteiger partial charge >= 0.3 is 0 Å². The number of rotatable bonds is 0. The van der Waals surface area contributed by atoms with Crippen molar-refractivity contribution in [2.75, 3.05) is 0 Å². The summed E-state index contributed by atoms with van der Waals surface area (Å²) in [6.07, 6.45) is 12.5. The number of hydrogen-bond acceptors (Lipinski definition) is 0. The highest BCUT2D eigenvalue weighted by atomic mass is 13.5. The van der Waals surface area contributed by atoms with Gasteiger partial charge in [0.2, 0.25) is 0 Å². The lowest BCUT2D eigenvalue weighted by molar-refractivity contribution is 1.09. The first kappa shape index (κ1) is 119. The van der Waals surface area contributed by atoms with E-state index in [1.54, 1.807) is 0 Å². The Bertz CT molecular complexity index is 33.2. The second-order valence-corrected chi connectivity index (χ2v) is 7.07. The van der Waals surface area contributed by atoms with Gasteiger partial charge in [0.25, 0.3) is 0 Å². The molecule has 0 rings (SSSR count). The van der Waals surface area contributed by atoms with Crippen molar-refractivity contribution in [2.45, 2.75) is 313 Å². The third-order valence-electron chi connectivity index (χ3n) is 0. The Hall–Kier alpha value is 0. The van der Waals surface area contributed by atoms with Crippen molar-refractivity contribution in [1.29, 1.82) is 0 Å². The largest absolute Gasteiger partial charge is 0.0683 e. The summed E-state index contributed by atoms with van der Waals surface area (Å²) in [5, 5.41) is 0. The van der Waals surface area contributed by atoms with Crippen molar-refractivity contribution >= 4 is 0 Å². The minimum atomic E-state index is 1.25. The van der Waals surface area contributed by atoms with Gasteiger partial charge in [0.05, 0.1) is 0 Å². The minimum absolute atomic E-state index is 1.25. The van der Waals surface area contributed by atoms with E-state index >= 15 is 0 Å². The Balaban J connectivity index is -0.0000000113. The Morgan fingerprint density at radius 2 is 0.109 bits per heavy atom. The van der Waals surface area contributed by atoms with Gasteiger partial charge in [0, 0.05) is 0 Å². The first-order valence-corrected chi connectivity index (χ1v) is 22.1. The van der Waals surface area contributed by atoms with Crippen LogP contribution < -0.4 is 0 Å². The first-order valence-electron chi connectivity index (χ1n) is 22.1. The molecule has 0 unspecified atom stereocenters. The summed E-state index contributed by atoms with van der Waals surface area (Å²) in [6.45, 7) is 74.5. The molecule has 46 heavy (non-hydrogen) atoms. The fourth-order valence-corrected chi connectivity index (χ4v) is 0. The molecule has 0 spiro atoms. The van der Waals surface area contributed by atoms with Crippen LogP contribution in [0.5, 0.6) is 0 Å². The van der Waals surface area contributed by atoms with Crippen molar-refractivity contribution in [3.63, 3.8) is 0 Å². The highest BCUT2D eigenvalue weighted by Crippen LogP contribution is 1.59. The van der Waals surface area contributed by atoms with Gasteiger partial charge in [-0.1, -0.05) is 313 Å². The van der Waals surface area contributed by atoms with Gasteiger partial charge in [0.15, 0.2) is 0 Å². The highest BCUT2D eigenvalue weighted by molar-refractivity contribution is 3.95. The fraction of sp³-hybridized carbons (Fsp3) is 1.00. The van der Waals surface area contributed by atoms with E-state index in [1.165, 1.54) is 64.2 Å². The smallest absolute Gasteiger partial charge is 0.0590 e. The Kier molecular flexibility index (Phi) is 2250. The van der Waals surface area contributed by atoms with Crippen LogP contribution >= 0.6 is 0 Å². The van der Waals surface area contributed by atoms with Crippen molar-refractivity contribution in [2.24, 2.45) is 0 Å². The van der Waals surface area contributed by atoms with Crippen molar-refractivity contribution in [3.8, 4) is 0 Å². The standard InChI is InChI=1S/10C3H8.8C2H6/c10*1-3-2;8*1-2/h10*3H2,1-2H3;8*1-2H3. The summed E-state index contributed by atoms with van der Waals surface area (Å²) >= 11 is 0. The van der Waals surface area contributed by atoms with E-state index in [0.29, 0.717) is 0 Å². The van der Waals surface area contributed by atoms with E-state index in [9.17, 15) is 0 Å². The molecular formula is C46H128. The molecule has 0 saturated heterocycles. The lowest BCUT2D eigenvalue weighted by Gasteiger charge is -1.48. The molecule has 0 aromatic rings. The molecule has 0 radical (unpaired) electrons. The van der Waals surface area contributed by atoms with Crippen LogP contribution in [0.2, 0.25) is 0 Å². The minimum Gasteiger partial charge on any atom is -0.0683 e. The molecule has 0 aromatic carbocycles. The van der Waals surface area contributed by atoms with E-state index in [0.717, 1.165) is 0 Å². The molecule has 0 amide bonds. The second-order valence-electron chi connectivity index (χ2n) is 7.07. The summed E-state index contributed by atoms with van der Waals surface area (Å²) in [4.78, 5) is 0. The zero-order chi connectivity index (χ0) is 43.1. The molecule has 312 valence electrons. The van der Waals surface area contributed by atoms with Gasteiger partial charge < -0.3 is 0 Å². The van der Waals surface area contributed by atoms with Crippen LogP contribution in [0, 0.1) is 0 Å². The molecule has 0 N–H and O–H groups in total. The molecule has 0 heterocycles. The van der Waals surface area contributed by atoms with Gasteiger partial charge in [0.1, 0.15) is 0 Å². The molecular weight excluding hydrogens is 553 g/mol. The fourth-order valence-electron chi connectivity index (χ4n) is 0. The summed E-state index contributed by atoms with van der Waals surface area (Å²) < 4.78 is 0. The van der Waals surface area contributed by atoms with Crippen molar-refractivity contribution < 1.29 is 0 Å². The van der Waals surface area contributed by atoms with Gasteiger partial charge in [-0.3, -0.25) is 0 Å². The van der Waals surface area contributed by atoms with Gasteiger partial charge in [-0.2, -0.15) is 0 Å². The van der Waals surface area contributed by atoms with Crippen LogP contribution in [-0.4, -0.2) is 0 Å². The Labute approximate surface area is 312 Å². The molecule has 0 atom stereocenters. The molecule has 0 aliphatic carbocycles. The third kappa shape index (κ3) is 0.